The number of carbonyl (C=O) groups is 2. The number of fused-ring (bicyclic) bond motifs is 1. The molecular weight excluding hydrogens is 579 g/mol. The second kappa shape index (κ2) is 11.3. The maximum atomic E-state index is 13.6. The largest absolute Gasteiger partial charge is 0.478 e. The SMILES string of the molecule is Cc1cc(-c2cccc3c2OCN(C(=O)c2c(Cl)cc(-c4cnn(C)c4)cc2Cl)C3)cc(N2CCOCC2)c1C(=O)O. The molecule has 4 aromatic rings. The van der Waals surface area contributed by atoms with Gasteiger partial charge in [-0.15, -0.1) is 0 Å². The molecular formula is C31H28Cl2N4O5. The number of aryl methyl sites for hydroxylation is 2. The standard InChI is InChI=1S/C31H28Cl2N4O5/c1-18-10-21(13-26(27(18)31(39)40)36-6-8-41-9-7-36)23-5-3-4-19-16-37(17-42-29(19)23)30(38)28-24(32)11-20(12-25(28)33)22-14-34-35(2)15-22/h3-5,10-15H,6-9,16-17H2,1-2H3,(H,39,40). The van der Waals surface area contributed by atoms with E-state index in [1.165, 1.54) is 0 Å². The molecule has 3 heterocycles. The Hall–Kier alpha value is -4.05. The van der Waals surface area contributed by atoms with Crippen LogP contribution < -0.4 is 9.64 Å². The smallest absolute Gasteiger partial charge is 0.338 e. The van der Waals surface area contributed by atoms with Gasteiger partial charge in [0.2, 0.25) is 0 Å². The van der Waals surface area contributed by atoms with Gasteiger partial charge in [0, 0.05) is 43.0 Å². The van der Waals surface area contributed by atoms with Crippen molar-refractivity contribution in [1.29, 1.82) is 0 Å². The topological polar surface area (TPSA) is 97.1 Å². The first-order chi connectivity index (χ1) is 20.2. The van der Waals surface area contributed by atoms with E-state index in [0.717, 1.165) is 27.8 Å². The summed E-state index contributed by atoms with van der Waals surface area (Å²) in [5.74, 6) is -0.650. The summed E-state index contributed by atoms with van der Waals surface area (Å²) in [5.41, 5.74) is 5.90. The van der Waals surface area contributed by atoms with Gasteiger partial charge in [0.05, 0.1) is 52.8 Å². The van der Waals surface area contributed by atoms with E-state index in [0.29, 0.717) is 49.8 Å². The number of carboxylic acid groups (broad SMARTS) is 1. The highest BCUT2D eigenvalue weighted by Crippen LogP contribution is 2.41. The molecule has 1 amide bonds. The van der Waals surface area contributed by atoms with Crippen molar-refractivity contribution < 1.29 is 24.2 Å². The summed E-state index contributed by atoms with van der Waals surface area (Å²) in [6.45, 7) is 4.40. The predicted octanol–water partition coefficient (Wildman–Crippen LogP) is 5.90. The number of carboxylic acids is 1. The van der Waals surface area contributed by atoms with E-state index in [4.69, 9.17) is 32.7 Å². The van der Waals surface area contributed by atoms with Crippen LogP contribution in [0.4, 0.5) is 5.69 Å². The fraction of sp³-hybridized carbons (Fsp3) is 0.258. The lowest BCUT2D eigenvalue weighted by atomic mass is 9.94. The zero-order chi connectivity index (χ0) is 29.5. The van der Waals surface area contributed by atoms with E-state index >= 15 is 0 Å². The monoisotopic (exact) mass is 606 g/mol. The molecule has 0 bridgehead atoms. The van der Waals surface area contributed by atoms with Crippen LogP contribution in [0.15, 0.2) is 54.9 Å². The molecule has 0 radical (unpaired) electrons. The van der Waals surface area contributed by atoms with Gasteiger partial charge in [0.15, 0.2) is 6.73 Å². The van der Waals surface area contributed by atoms with E-state index in [9.17, 15) is 14.7 Å². The average molecular weight is 607 g/mol. The van der Waals surface area contributed by atoms with Crippen molar-refractivity contribution >= 4 is 40.8 Å². The summed E-state index contributed by atoms with van der Waals surface area (Å²) in [4.78, 5) is 29.4. The van der Waals surface area contributed by atoms with Gasteiger partial charge in [-0.3, -0.25) is 9.48 Å². The normalized spacial score (nSPS) is 14.9. The Labute approximate surface area is 252 Å². The molecule has 0 unspecified atom stereocenters. The molecule has 1 N–H and O–H groups in total. The van der Waals surface area contributed by atoms with Gasteiger partial charge >= 0.3 is 5.97 Å². The predicted molar refractivity (Wildman–Crippen MR) is 161 cm³/mol. The van der Waals surface area contributed by atoms with Crippen LogP contribution in [-0.4, -0.2) is 64.7 Å². The Morgan fingerprint density at radius 1 is 0.976 bits per heavy atom. The number of carbonyl (C=O) groups excluding carboxylic acids is 1. The molecule has 42 heavy (non-hydrogen) atoms. The summed E-state index contributed by atoms with van der Waals surface area (Å²) in [5, 5.41) is 14.7. The van der Waals surface area contributed by atoms with Gasteiger partial charge in [-0.1, -0.05) is 47.5 Å². The number of amides is 1. The molecule has 6 rings (SSSR count). The molecule has 3 aromatic carbocycles. The van der Waals surface area contributed by atoms with Gasteiger partial charge in [-0.05, 0) is 41.8 Å². The van der Waals surface area contributed by atoms with Crippen LogP contribution in [0, 0.1) is 6.92 Å². The number of rotatable bonds is 5. The number of benzene rings is 3. The van der Waals surface area contributed by atoms with Crippen molar-refractivity contribution in [2.75, 3.05) is 37.9 Å². The highest BCUT2D eigenvalue weighted by atomic mass is 35.5. The van der Waals surface area contributed by atoms with E-state index in [-0.39, 0.29) is 33.8 Å². The van der Waals surface area contributed by atoms with Crippen molar-refractivity contribution in [2.45, 2.75) is 13.5 Å². The highest BCUT2D eigenvalue weighted by Gasteiger charge is 2.29. The van der Waals surface area contributed by atoms with Gasteiger partial charge < -0.3 is 24.4 Å². The molecule has 9 nitrogen and oxygen atoms in total. The van der Waals surface area contributed by atoms with Crippen LogP contribution in [0.3, 0.4) is 0 Å². The number of nitrogens with zero attached hydrogens (tertiary/aromatic N) is 4. The molecule has 0 spiro atoms. The van der Waals surface area contributed by atoms with Gasteiger partial charge in [0.25, 0.3) is 5.91 Å². The molecule has 2 aliphatic rings. The highest BCUT2D eigenvalue weighted by molar-refractivity contribution is 6.40. The third-order valence-electron chi connectivity index (χ3n) is 7.60. The molecule has 11 heteroatoms. The first-order valence-corrected chi connectivity index (χ1v) is 14.2. The van der Waals surface area contributed by atoms with Crippen LogP contribution in [-0.2, 0) is 18.3 Å². The third-order valence-corrected chi connectivity index (χ3v) is 8.19. The van der Waals surface area contributed by atoms with Crippen LogP contribution in [0.25, 0.3) is 22.3 Å². The fourth-order valence-electron chi connectivity index (χ4n) is 5.56. The summed E-state index contributed by atoms with van der Waals surface area (Å²) >= 11 is 13.2. The summed E-state index contributed by atoms with van der Waals surface area (Å²) < 4.78 is 13.4. The maximum absolute atomic E-state index is 13.6. The molecule has 0 aliphatic carbocycles. The average Bonchev–Trinajstić information content (AvgIpc) is 3.42. The third kappa shape index (κ3) is 5.19. The second-order valence-corrected chi connectivity index (χ2v) is 11.2. The van der Waals surface area contributed by atoms with Crippen molar-refractivity contribution in [1.82, 2.24) is 14.7 Å². The molecule has 1 fully saturated rings. The number of ether oxygens (including phenoxy) is 2. The number of para-hydroxylation sites is 1. The van der Waals surface area contributed by atoms with Crippen molar-refractivity contribution in [2.24, 2.45) is 7.05 Å². The molecule has 0 atom stereocenters. The van der Waals surface area contributed by atoms with E-state index in [2.05, 4.69) is 5.10 Å². The Bertz CT molecular complexity index is 1690. The number of hydrogen-bond acceptors (Lipinski definition) is 6. The van der Waals surface area contributed by atoms with Crippen molar-refractivity contribution in [3.63, 3.8) is 0 Å². The van der Waals surface area contributed by atoms with Crippen LogP contribution in [0.2, 0.25) is 10.0 Å². The van der Waals surface area contributed by atoms with Gasteiger partial charge in [-0.2, -0.15) is 5.10 Å². The maximum Gasteiger partial charge on any atom is 0.338 e. The van der Waals surface area contributed by atoms with E-state index < -0.39 is 5.97 Å². The van der Waals surface area contributed by atoms with Gasteiger partial charge in [-0.25, -0.2) is 4.79 Å². The summed E-state index contributed by atoms with van der Waals surface area (Å²) in [6, 6.07) is 13.0. The molecule has 216 valence electrons. The molecule has 1 aromatic heterocycles. The molecule has 2 aliphatic heterocycles. The second-order valence-electron chi connectivity index (χ2n) is 10.4. The zero-order valence-electron chi connectivity index (χ0n) is 23.1. The Morgan fingerprint density at radius 2 is 1.71 bits per heavy atom. The van der Waals surface area contributed by atoms with Crippen molar-refractivity contribution in [3.8, 4) is 28.0 Å². The Balaban J connectivity index is 1.31. The lowest BCUT2D eigenvalue weighted by molar-refractivity contribution is 0.0516. The lowest BCUT2D eigenvalue weighted by Gasteiger charge is -2.32. The summed E-state index contributed by atoms with van der Waals surface area (Å²) in [6.07, 6.45) is 3.55. The van der Waals surface area contributed by atoms with E-state index in [1.54, 1.807) is 34.8 Å². The van der Waals surface area contributed by atoms with Gasteiger partial charge in [0.1, 0.15) is 5.75 Å². The van der Waals surface area contributed by atoms with Crippen LogP contribution in [0.5, 0.6) is 5.75 Å². The zero-order valence-corrected chi connectivity index (χ0v) is 24.6. The van der Waals surface area contributed by atoms with Crippen LogP contribution in [0.1, 0.15) is 31.8 Å². The quantitative estimate of drug-likeness (QED) is 0.302. The number of halogens is 2. The number of morpholine rings is 1. The number of anilines is 1. The number of hydrogen-bond donors (Lipinski definition) is 1. The van der Waals surface area contributed by atoms with Crippen molar-refractivity contribution in [3.05, 3.63) is 87.2 Å². The number of aromatic nitrogens is 2. The molecule has 0 saturated carbocycles. The first kappa shape index (κ1) is 28.1. The Kier molecular flexibility index (Phi) is 7.57. The minimum absolute atomic E-state index is 0.00235. The van der Waals surface area contributed by atoms with E-state index in [1.807, 2.05) is 48.5 Å². The minimum atomic E-state index is -0.966. The van der Waals surface area contributed by atoms with Crippen LogP contribution >= 0.6 is 23.2 Å². The summed E-state index contributed by atoms with van der Waals surface area (Å²) in [7, 11) is 1.82. The molecule has 1 saturated heterocycles. The Morgan fingerprint density at radius 3 is 2.38 bits per heavy atom. The first-order valence-electron chi connectivity index (χ1n) is 13.4. The minimum Gasteiger partial charge on any atom is -0.478 e. The lowest BCUT2D eigenvalue weighted by Crippen LogP contribution is -2.37. The number of aromatic carboxylic acids is 1. The fourth-order valence-corrected chi connectivity index (χ4v) is 6.21.